The van der Waals surface area contributed by atoms with Crippen molar-refractivity contribution in [1.29, 1.82) is 0 Å². The molecule has 0 spiro atoms. The van der Waals surface area contributed by atoms with Crippen molar-refractivity contribution in [3.05, 3.63) is 0 Å². The van der Waals surface area contributed by atoms with Gasteiger partial charge in [0.15, 0.2) is 0 Å². The lowest BCUT2D eigenvalue weighted by Crippen LogP contribution is -2.33. The Morgan fingerprint density at radius 3 is 2.26 bits per heavy atom. The smallest absolute Gasteiger partial charge is 0.407 e. The molecule has 1 atom stereocenters. The fraction of sp³-hybridized carbons (Fsp3) is 0.857. The summed E-state index contributed by atoms with van der Waals surface area (Å²) in [5, 5.41) is 2.70. The summed E-state index contributed by atoms with van der Waals surface area (Å²) in [7, 11) is 0. The van der Waals surface area contributed by atoms with Crippen LogP contribution in [0.2, 0.25) is 0 Å². The summed E-state index contributed by atoms with van der Waals surface area (Å²) in [5.74, 6) is 0.327. The Hall–Kier alpha value is -1.26. The van der Waals surface area contributed by atoms with Crippen LogP contribution >= 0.6 is 0 Å². The van der Waals surface area contributed by atoms with Crippen molar-refractivity contribution in [1.82, 2.24) is 5.32 Å². The standard InChI is InChI=1S/C14H27NO4/c1-6-18-13(16)8-12(7-10(2)3)9-15-14(17)19-11(4)5/h10-12H,6-9H2,1-5H3,(H,15,17)/t12-/m0/s1. The van der Waals surface area contributed by atoms with E-state index in [2.05, 4.69) is 19.2 Å². The van der Waals surface area contributed by atoms with Crippen LogP contribution in [-0.2, 0) is 14.3 Å². The maximum Gasteiger partial charge on any atom is 0.407 e. The number of esters is 1. The molecule has 0 unspecified atom stereocenters. The lowest BCUT2D eigenvalue weighted by molar-refractivity contribution is -0.144. The van der Waals surface area contributed by atoms with Gasteiger partial charge in [0.25, 0.3) is 0 Å². The van der Waals surface area contributed by atoms with Gasteiger partial charge in [0.2, 0.25) is 0 Å². The van der Waals surface area contributed by atoms with Crippen molar-refractivity contribution in [3.63, 3.8) is 0 Å². The number of amides is 1. The van der Waals surface area contributed by atoms with E-state index in [4.69, 9.17) is 9.47 Å². The molecule has 5 heteroatoms. The van der Waals surface area contributed by atoms with Gasteiger partial charge in [0, 0.05) is 6.54 Å². The van der Waals surface area contributed by atoms with E-state index in [1.807, 2.05) is 0 Å². The summed E-state index contributed by atoms with van der Waals surface area (Å²) in [6.45, 7) is 10.4. The van der Waals surface area contributed by atoms with Gasteiger partial charge in [-0.05, 0) is 39.0 Å². The van der Waals surface area contributed by atoms with Crippen molar-refractivity contribution in [3.8, 4) is 0 Å². The largest absolute Gasteiger partial charge is 0.466 e. The second-order valence-electron chi connectivity index (χ2n) is 5.34. The van der Waals surface area contributed by atoms with Crippen molar-refractivity contribution >= 4 is 12.1 Å². The molecule has 0 aromatic rings. The Morgan fingerprint density at radius 1 is 1.16 bits per heavy atom. The van der Waals surface area contributed by atoms with E-state index in [9.17, 15) is 9.59 Å². The number of carbonyl (C=O) groups excluding carboxylic acids is 2. The second-order valence-corrected chi connectivity index (χ2v) is 5.34. The third-order valence-corrected chi connectivity index (χ3v) is 2.44. The molecule has 1 N–H and O–H groups in total. The van der Waals surface area contributed by atoms with E-state index in [0.29, 0.717) is 25.5 Å². The fourth-order valence-corrected chi connectivity index (χ4v) is 1.84. The van der Waals surface area contributed by atoms with E-state index >= 15 is 0 Å². The van der Waals surface area contributed by atoms with Gasteiger partial charge in [-0.15, -0.1) is 0 Å². The summed E-state index contributed by atoms with van der Waals surface area (Å²) >= 11 is 0. The lowest BCUT2D eigenvalue weighted by Gasteiger charge is -2.19. The van der Waals surface area contributed by atoms with Crippen LogP contribution in [0.1, 0.15) is 47.5 Å². The topological polar surface area (TPSA) is 64.6 Å². The molecule has 0 heterocycles. The van der Waals surface area contributed by atoms with Crippen LogP contribution in [0.25, 0.3) is 0 Å². The number of rotatable bonds is 8. The molecule has 0 aliphatic rings. The fourth-order valence-electron chi connectivity index (χ4n) is 1.84. The van der Waals surface area contributed by atoms with Crippen LogP contribution < -0.4 is 5.32 Å². The maximum absolute atomic E-state index is 11.5. The zero-order chi connectivity index (χ0) is 14.8. The highest BCUT2D eigenvalue weighted by Crippen LogP contribution is 2.15. The van der Waals surface area contributed by atoms with Crippen molar-refractivity contribution in [2.45, 2.75) is 53.6 Å². The molecular formula is C14H27NO4. The predicted octanol–water partition coefficient (Wildman–Crippen LogP) is 2.74. The van der Waals surface area contributed by atoms with Gasteiger partial charge in [0.1, 0.15) is 0 Å². The molecule has 0 radical (unpaired) electrons. The Bertz CT molecular complexity index is 277. The summed E-state index contributed by atoms with van der Waals surface area (Å²) in [4.78, 5) is 22.9. The number of hydrogen-bond acceptors (Lipinski definition) is 4. The Kier molecular flexibility index (Phi) is 9.00. The molecule has 0 aliphatic heterocycles. The van der Waals surface area contributed by atoms with Gasteiger partial charge < -0.3 is 14.8 Å². The van der Waals surface area contributed by atoms with Gasteiger partial charge in [0.05, 0.1) is 19.1 Å². The number of alkyl carbamates (subject to hydrolysis) is 1. The Labute approximate surface area is 116 Å². The van der Waals surface area contributed by atoms with Gasteiger partial charge in [-0.1, -0.05) is 13.8 Å². The summed E-state index contributed by atoms with van der Waals surface area (Å²) in [5.41, 5.74) is 0. The molecule has 0 rings (SSSR count). The minimum absolute atomic E-state index is 0.0822. The van der Waals surface area contributed by atoms with Gasteiger partial charge in [-0.3, -0.25) is 4.79 Å². The van der Waals surface area contributed by atoms with Crippen molar-refractivity contribution < 1.29 is 19.1 Å². The predicted molar refractivity (Wildman–Crippen MR) is 73.8 cm³/mol. The molecule has 112 valence electrons. The first kappa shape index (κ1) is 17.7. The van der Waals surface area contributed by atoms with E-state index in [1.165, 1.54) is 0 Å². The average Bonchev–Trinajstić information content (AvgIpc) is 2.24. The molecule has 5 nitrogen and oxygen atoms in total. The molecule has 0 saturated carbocycles. The molecule has 0 saturated heterocycles. The van der Waals surface area contributed by atoms with Gasteiger partial charge in [-0.25, -0.2) is 4.79 Å². The first-order valence-electron chi connectivity index (χ1n) is 6.95. The molecule has 19 heavy (non-hydrogen) atoms. The van der Waals surface area contributed by atoms with Crippen LogP contribution in [0, 0.1) is 11.8 Å². The van der Waals surface area contributed by atoms with Gasteiger partial charge >= 0.3 is 12.1 Å². The van der Waals surface area contributed by atoms with Crippen LogP contribution in [0.3, 0.4) is 0 Å². The molecule has 0 bridgehead atoms. The highest BCUT2D eigenvalue weighted by atomic mass is 16.6. The molecule has 0 aromatic heterocycles. The number of nitrogens with one attached hydrogen (secondary N) is 1. The van der Waals surface area contributed by atoms with Crippen LogP contribution in [0.5, 0.6) is 0 Å². The van der Waals surface area contributed by atoms with E-state index < -0.39 is 6.09 Å². The number of carbonyl (C=O) groups is 2. The quantitative estimate of drug-likeness (QED) is 0.691. The van der Waals surface area contributed by atoms with Crippen LogP contribution in [0.4, 0.5) is 4.79 Å². The monoisotopic (exact) mass is 273 g/mol. The van der Waals surface area contributed by atoms with E-state index in [0.717, 1.165) is 6.42 Å². The minimum Gasteiger partial charge on any atom is -0.466 e. The molecule has 0 fully saturated rings. The zero-order valence-electron chi connectivity index (χ0n) is 12.7. The van der Waals surface area contributed by atoms with E-state index in [1.54, 1.807) is 20.8 Å². The second kappa shape index (κ2) is 9.64. The molecule has 1 amide bonds. The van der Waals surface area contributed by atoms with Crippen LogP contribution in [0.15, 0.2) is 0 Å². The summed E-state index contributed by atoms with van der Waals surface area (Å²) in [6, 6.07) is 0. The van der Waals surface area contributed by atoms with Crippen molar-refractivity contribution in [2.24, 2.45) is 11.8 Å². The van der Waals surface area contributed by atoms with Gasteiger partial charge in [-0.2, -0.15) is 0 Å². The highest BCUT2D eigenvalue weighted by molar-refractivity contribution is 5.70. The first-order valence-corrected chi connectivity index (χ1v) is 6.95. The molecule has 0 aliphatic carbocycles. The summed E-state index contributed by atoms with van der Waals surface area (Å²) < 4.78 is 9.93. The summed E-state index contributed by atoms with van der Waals surface area (Å²) in [6.07, 6.45) is 0.607. The van der Waals surface area contributed by atoms with E-state index in [-0.39, 0.29) is 18.0 Å². The number of ether oxygens (including phenoxy) is 2. The minimum atomic E-state index is -0.437. The molecule has 0 aromatic carbocycles. The average molecular weight is 273 g/mol. The Balaban J connectivity index is 4.19. The number of hydrogen-bond donors (Lipinski definition) is 1. The SMILES string of the molecule is CCOC(=O)C[C@@H](CNC(=O)OC(C)C)CC(C)C. The first-order chi connectivity index (χ1) is 8.85. The third-order valence-electron chi connectivity index (χ3n) is 2.44. The van der Waals surface area contributed by atoms with Crippen molar-refractivity contribution in [2.75, 3.05) is 13.2 Å². The maximum atomic E-state index is 11.5. The van der Waals surface area contributed by atoms with Crippen LogP contribution in [-0.4, -0.2) is 31.3 Å². The normalized spacial score (nSPS) is 12.4. The Morgan fingerprint density at radius 2 is 1.79 bits per heavy atom. The zero-order valence-corrected chi connectivity index (χ0v) is 12.7. The third kappa shape index (κ3) is 10.4. The lowest BCUT2D eigenvalue weighted by atomic mass is 9.94. The molecular weight excluding hydrogens is 246 g/mol. The highest BCUT2D eigenvalue weighted by Gasteiger charge is 2.17.